The van der Waals surface area contributed by atoms with Gasteiger partial charge >= 0.3 is 0 Å². The van der Waals surface area contributed by atoms with Crippen LogP contribution >= 0.6 is 0 Å². The molecule has 3 heterocycles. The summed E-state index contributed by atoms with van der Waals surface area (Å²) >= 11 is 0. The van der Waals surface area contributed by atoms with Gasteiger partial charge in [0.05, 0.1) is 16.8 Å². The largest absolute Gasteiger partial charge is 0.505 e. The van der Waals surface area contributed by atoms with E-state index in [0.29, 0.717) is 27.7 Å². The fraction of sp³-hybridized carbons (Fsp3) is 0. The van der Waals surface area contributed by atoms with Gasteiger partial charge in [-0.2, -0.15) is 0 Å². The molecule has 0 atom stereocenters. The van der Waals surface area contributed by atoms with Crippen molar-refractivity contribution < 1.29 is 14.7 Å². The summed E-state index contributed by atoms with van der Waals surface area (Å²) in [7, 11) is 0. The molecule has 134 valence electrons. The standard InChI is InChI=1S/C22H13N3O3/c26-20-14-7-1-3-9-16(14)24-18(20)19-21(27)15-8-2-4-10-17(15)25(19)22(28)13-6-5-11-23-12-13/h1-12,27H. The van der Waals surface area contributed by atoms with Crippen LogP contribution in [-0.4, -0.2) is 32.1 Å². The Morgan fingerprint density at radius 1 is 0.964 bits per heavy atom. The number of pyridine rings is 1. The van der Waals surface area contributed by atoms with Crippen LogP contribution in [0.4, 0.5) is 5.69 Å². The highest BCUT2D eigenvalue weighted by Crippen LogP contribution is 2.37. The highest BCUT2D eigenvalue weighted by atomic mass is 16.3. The Balaban J connectivity index is 1.80. The van der Waals surface area contributed by atoms with E-state index < -0.39 is 5.91 Å². The molecule has 4 aromatic rings. The molecular formula is C22H13N3O3. The van der Waals surface area contributed by atoms with Gasteiger partial charge in [0.1, 0.15) is 11.4 Å². The number of carbonyl (C=O) groups excluding carboxylic acids is 2. The Hall–Kier alpha value is -4.06. The summed E-state index contributed by atoms with van der Waals surface area (Å²) in [5.74, 6) is -0.868. The van der Waals surface area contributed by atoms with Crippen LogP contribution in [0.2, 0.25) is 0 Å². The second kappa shape index (κ2) is 5.99. The molecule has 1 N–H and O–H groups in total. The molecule has 6 heteroatoms. The van der Waals surface area contributed by atoms with Crippen LogP contribution in [0.3, 0.4) is 0 Å². The summed E-state index contributed by atoms with van der Waals surface area (Å²) in [5.41, 5.74) is 1.95. The molecule has 0 spiro atoms. The van der Waals surface area contributed by atoms with Crippen LogP contribution < -0.4 is 0 Å². The van der Waals surface area contributed by atoms with E-state index in [1.54, 1.807) is 66.9 Å². The average Bonchev–Trinajstić information content (AvgIpc) is 3.23. The van der Waals surface area contributed by atoms with E-state index in [2.05, 4.69) is 9.98 Å². The predicted octanol–water partition coefficient (Wildman–Crippen LogP) is 3.75. The van der Waals surface area contributed by atoms with Gasteiger partial charge < -0.3 is 5.11 Å². The molecule has 28 heavy (non-hydrogen) atoms. The molecule has 5 rings (SSSR count). The van der Waals surface area contributed by atoms with E-state index in [0.717, 1.165) is 0 Å². The summed E-state index contributed by atoms with van der Waals surface area (Å²) in [6.45, 7) is 0. The van der Waals surface area contributed by atoms with Gasteiger partial charge in [0.2, 0.25) is 5.78 Å². The second-order valence-corrected chi connectivity index (χ2v) is 6.40. The minimum absolute atomic E-state index is 0.0483. The molecule has 0 saturated carbocycles. The van der Waals surface area contributed by atoms with E-state index >= 15 is 0 Å². The van der Waals surface area contributed by atoms with Gasteiger partial charge in [-0.05, 0) is 36.4 Å². The number of hydrogen-bond acceptors (Lipinski definition) is 5. The number of aliphatic imine (C=N–C) groups is 1. The molecule has 1 aliphatic rings. The highest BCUT2D eigenvalue weighted by molar-refractivity contribution is 6.55. The van der Waals surface area contributed by atoms with Crippen molar-refractivity contribution in [2.24, 2.45) is 4.99 Å². The molecule has 2 aromatic heterocycles. The molecule has 0 bridgehead atoms. The zero-order valence-corrected chi connectivity index (χ0v) is 14.5. The molecule has 0 aliphatic carbocycles. The quantitative estimate of drug-likeness (QED) is 0.585. The first-order valence-electron chi connectivity index (χ1n) is 8.67. The maximum Gasteiger partial charge on any atom is 0.264 e. The summed E-state index contributed by atoms with van der Waals surface area (Å²) in [4.78, 5) is 34.6. The Bertz CT molecular complexity index is 1300. The van der Waals surface area contributed by atoms with Gasteiger partial charge in [-0.25, -0.2) is 4.99 Å². The monoisotopic (exact) mass is 367 g/mol. The second-order valence-electron chi connectivity index (χ2n) is 6.40. The van der Waals surface area contributed by atoms with E-state index in [1.807, 2.05) is 0 Å². The zero-order valence-electron chi connectivity index (χ0n) is 14.5. The van der Waals surface area contributed by atoms with Crippen molar-refractivity contribution in [3.8, 4) is 5.75 Å². The van der Waals surface area contributed by atoms with E-state index in [1.165, 1.54) is 10.8 Å². The van der Waals surface area contributed by atoms with Crippen molar-refractivity contribution >= 4 is 34.0 Å². The summed E-state index contributed by atoms with van der Waals surface area (Å²) in [6, 6.07) is 17.2. The zero-order chi connectivity index (χ0) is 19.3. The van der Waals surface area contributed by atoms with Gasteiger partial charge in [-0.3, -0.25) is 19.1 Å². The van der Waals surface area contributed by atoms with Gasteiger partial charge in [0.25, 0.3) is 5.91 Å². The third-order valence-electron chi connectivity index (χ3n) is 4.78. The first-order chi connectivity index (χ1) is 13.7. The SMILES string of the molecule is O=C1C(c2c(O)c3ccccc3n2C(=O)c2cccnc2)=Nc2ccccc21. The van der Waals surface area contributed by atoms with E-state index in [4.69, 9.17) is 0 Å². The Morgan fingerprint density at radius 2 is 1.75 bits per heavy atom. The number of nitrogens with zero attached hydrogens (tertiary/aromatic N) is 3. The van der Waals surface area contributed by atoms with Crippen LogP contribution in [0.25, 0.3) is 10.9 Å². The van der Waals surface area contributed by atoms with Crippen molar-refractivity contribution in [1.29, 1.82) is 0 Å². The molecule has 0 fully saturated rings. The lowest BCUT2D eigenvalue weighted by Gasteiger charge is -2.09. The lowest BCUT2D eigenvalue weighted by Crippen LogP contribution is -2.21. The Morgan fingerprint density at radius 3 is 2.54 bits per heavy atom. The number of aromatic hydroxyl groups is 1. The molecule has 0 radical (unpaired) electrons. The maximum absolute atomic E-state index is 13.3. The van der Waals surface area contributed by atoms with Gasteiger partial charge in [-0.1, -0.05) is 24.3 Å². The molecule has 6 nitrogen and oxygen atoms in total. The number of hydrogen-bond donors (Lipinski definition) is 1. The topological polar surface area (TPSA) is 84.5 Å². The fourth-order valence-electron chi connectivity index (χ4n) is 3.49. The van der Waals surface area contributed by atoms with Crippen molar-refractivity contribution in [1.82, 2.24) is 9.55 Å². The van der Waals surface area contributed by atoms with Crippen molar-refractivity contribution in [3.05, 3.63) is 89.9 Å². The summed E-state index contributed by atoms with van der Waals surface area (Å²) < 4.78 is 1.34. The van der Waals surface area contributed by atoms with Crippen molar-refractivity contribution in [2.45, 2.75) is 0 Å². The molecule has 1 aliphatic heterocycles. The Kier molecular flexibility index (Phi) is 3.45. The predicted molar refractivity (Wildman–Crippen MR) is 105 cm³/mol. The number of para-hydroxylation sites is 2. The number of aromatic nitrogens is 2. The number of rotatable bonds is 2. The van der Waals surface area contributed by atoms with Crippen LogP contribution in [-0.2, 0) is 0 Å². The summed E-state index contributed by atoms with van der Waals surface area (Å²) in [5, 5.41) is 11.4. The number of Topliss-reactive ketones (excluding diaryl/α,β-unsaturated/α-hetero) is 1. The number of benzene rings is 2. The van der Waals surface area contributed by atoms with E-state index in [-0.39, 0.29) is 22.9 Å². The minimum atomic E-state index is -0.397. The first-order valence-corrected chi connectivity index (χ1v) is 8.67. The molecule has 0 amide bonds. The van der Waals surface area contributed by atoms with Gasteiger partial charge in [-0.15, -0.1) is 0 Å². The van der Waals surface area contributed by atoms with Crippen molar-refractivity contribution in [3.63, 3.8) is 0 Å². The van der Waals surface area contributed by atoms with Crippen LogP contribution in [0.5, 0.6) is 5.75 Å². The first kappa shape index (κ1) is 16.1. The number of ketones is 1. The lowest BCUT2D eigenvalue weighted by molar-refractivity contribution is 0.0963. The van der Waals surface area contributed by atoms with E-state index in [9.17, 15) is 14.7 Å². The van der Waals surface area contributed by atoms with Gasteiger partial charge in [0, 0.05) is 23.3 Å². The molecule has 0 unspecified atom stereocenters. The average molecular weight is 367 g/mol. The normalized spacial score (nSPS) is 12.9. The third kappa shape index (κ3) is 2.21. The minimum Gasteiger partial charge on any atom is -0.505 e. The smallest absolute Gasteiger partial charge is 0.264 e. The fourth-order valence-corrected chi connectivity index (χ4v) is 3.49. The Labute approximate surface area is 159 Å². The lowest BCUT2D eigenvalue weighted by atomic mass is 10.1. The summed E-state index contributed by atoms with van der Waals surface area (Å²) in [6.07, 6.45) is 3.02. The molecular weight excluding hydrogens is 354 g/mol. The van der Waals surface area contributed by atoms with Crippen molar-refractivity contribution in [2.75, 3.05) is 0 Å². The third-order valence-corrected chi connectivity index (χ3v) is 4.78. The number of carbonyl (C=O) groups is 2. The van der Waals surface area contributed by atoms with Crippen LogP contribution in [0, 0.1) is 0 Å². The van der Waals surface area contributed by atoms with Crippen LogP contribution in [0.15, 0.2) is 78.0 Å². The molecule has 2 aromatic carbocycles. The highest BCUT2D eigenvalue weighted by Gasteiger charge is 2.33. The van der Waals surface area contributed by atoms with Crippen LogP contribution in [0.1, 0.15) is 26.4 Å². The maximum atomic E-state index is 13.3. The number of fused-ring (bicyclic) bond motifs is 2. The molecule has 0 saturated heterocycles. The van der Waals surface area contributed by atoms with Gasteiger partial charge in [0.15, 0.2) is 5.75 Å².